The molecule has 7 rings (SSSR count). The Morgan fingerprint density at radius 2 is 1.51 bits per heavy atom. The molecule has 0 aliphatic carbocycles. The average molecular weight is 602 g/mol. The molecule has 6 heteroatoms. The SMILES string of the molecule is N#C/C(=C\c1ccc2sc(-c3ccc4c(c3)CCN4c3ccc(C=C(c4ccccc4)c4ccccc4)cc3)nc2c1)C(=O)O. The first kappa shape index (κ1) is 28.0. The molecule has 45 heavy (non-hydrogen) atoms. The molecule has 0 atom stereocenters. The van der Waals surface area contributed by atoms with Gasteiger partial charge in [-0.25, -0.2) is 9.78 Å². The zero-order valence-electron chi connectivity index (χ0n) is 24.2. The molecule has 0 amide bonds. The highest BCUT2D eigenvalue weighted by atomic mass is 32.1. The summed E-state index contributed by atoms with van der Waals surface area (Å²) in [5.74, 6) is -1.24. The summed E-state index contributed by atoms with van der Waals surface area (Å²) in [6.45, 7) is 0.910. The summed E-state index contributed by atoms with van der Waals surface area (Å²) in [6.07, 6.45) is 4.58. The minimum Gasteiger partial charge on any atom is -0.477 e. The van der Waals surface area contributed by atoms with Gasteiger partial charge in [0.05, 0.1) is 10.2 Å². The molecular weight excluding hydrogens is 575 g/mol. The van der Waals surface area contributed by atoms with Crippen molar-refractivity contribution < 1.29 is 9.90 Å². The lowest BCUT2D eigenvalue weighted by Crippen LogP contribution is -2.12. The second-order valence-electron chi connectivity index (χ2n) is 10.8. The largest absolute Gasteiger partial charge is 0.477 e. The smallest absolute Gasteiger partial charge is 0.346 e. The first-order valence-corrected chi connectivity index (χ1v) is 15.5. The lowest BCUT2D eigenvalue weighted by molar-refractivity contribution is -0.132. The zero-order chi connectivity index (χ0) is 30.8. The van der Waals surface area contributed by atoms with Crippen molar-refractivity contribution in [2.24, 2.45) is 0 Å². The van der Waals surface area contributed by atoms with Gasteiger partial charge in [-0.1, -0.05) is 78.9 Å². The number of nitriles is 1. The van der Waals surface area contributed by atoms with E-state index >= 15 is 0 Å². The van der Waals surface area contributed by atoms with E-state index in [0.717, 1.165) is 39.3 Å². The van der Waals surface area contributed by atoms with Crippen molar-refractivity contribution in [3.05, 3.63) is 155 Å². The van der Waals surface area contributed by atoms with Crippen LogP contribution in [-0.2, 0) is 11.2 Å². The standard InChI is InChI=1S/C39H27N3O2S/c40-25-32(39(43)44)21-27-13-18-37-35(23-27)41-38(45-37)31-14-17-36-30(24-31)19-20-42(36)33-15-11-26(12-16-33)22-34(28-7-3-1-4-8-28)29-9-5-2-6-10-29/h1-18,21-24H,19-20H2,(H,43,44)/b32-21+. The molecule has 5 aromatic carbocycles. The van der Waals surface area contributed by atoms with Crippen molar-refractivity contribution in [1.29, 1.82) is 5.26 Å². The van der Waals surface area contributed by atoms with E-state index in [4.69, 9.17) is 10.2 Å². The number of carboxylic acid groups (broad SMARTS) is 1. The second-order valence-corrected chi connectivity index (χ2v) is 11.9. The number of benzene rings is 5. The van der Waals surface area contributed by atoms with Crippen LogP contribution in [0.3, 0.4) is 0 Å². The number of hydrogen-bond donors (Lipinski definition) is 1. The van der Waals surface area contributed by atoms with E-state index in [1.54, 1.807) is 17.4 Å². The van der Waals surface area contributed by atoms with E-state index in [2.05, 4.69) is 102 Å². The molecule has 6 aromatic rings. The summed E-state index contributed by atoms with van der Waals surface area (Å²) in [6, 6.07) is 43.6. The molecule has 216 valence electrons. The van der Waals surface area contributed by atoms with Crippen molar-refractivity contribution in [3.63, 3.8) is 0 Å². The Labute approximate surface area is 265 Å². The van der Waals surface area contributed by atoms with Crippen molar-refractivity contribution in [2.75, 3.05) is 11.4 Å². The highest BCUT2D eigenvalue weighted by Gasteiger charge is 2.22. The second kappa shape index (κ2) is 12.1. The molecule has 1 aliphatic heterocycles. The average Bonchev–Trinajstić information content (AvgIpc) is 3.71. The maximum atomic E-state index is 11.2. The Hall–Kier alpha value is -5.77. The van der Waals surface area contributed by atoms with Crippen LogP contribution in [0.1, 0.15) is 27.8 Å². The van der Waals surface area contributed by atoms with Crippen molar-refractivity contribution in [1.82, 2.24) is 4.98 Å². The van der Waals surface area contributed by atoms with Gasteiger partial charge in [-0.3, -0.25) is 0 Å². The maximum Gasteiger partial charge on any atom is 0.346 e. The summed E-state index contributed by atoms with van der Waals surface area (Å²) < 4.78 is 1.01. The number of aromatic nitrogens is 1. The molecule has 0 saturated heterocycles. The molecule has 0 fully saturated rings. The highest BCUT2D eigenvalue weighted by molar-refractivity contribution is 7.21. The molecule has 0 radical (unpaired) electrons. The molecule has 0 unspecified atom stereocenters. The number of fused-ring (bicyclic) bond motifs is 2. The Bertz CT molecular complexity index is 2100. The summed E-state index contributed by atoms with van der Waals surface area (Å²) >= 11 is 1.60. The van der Waals surface area contributed by atoms with Gasteiger partial charge in [-0.15, -0.1) is 11.3 Å². The quantitative estimate of drug-likeness (QED) is 0.112. The minimum absolute atomic E-state index is 0.303. The highest BCUT2D eigenvalue weighted by Crippen LogP contribution is 2.39. The van der Waals surface area contributed by atoms with Gasteiger partial charge in [0, 0.05) is 23.5 Å². The fourth-order valence-corrected chi connectivity index (χ4v) is 6.70. The van der Waals surface area contributed by atoms with Crippen LogP contribution in [0.25, 0.3) is 38.5 Å². The van der Waals surface area contributed by atoms with Gasteiger partial charge < -0.3 is 10.0 Å². The number of hydrogen-bond acceptors (Lipinski definition) is 5. The third-order valence-electron chi connectivity index (χ3n) is 7.98. The summed E-state index contributed by atoms with van der Waals surface area (Å²) in [5, 5.41) is 19.2. The molecule has 5 nitrogen and oxygen atoms in total. The van der Waals surface area contributed by atoms with E-state index in [9.17, 15) is 9.90 Å². The van der Waals surface area contributed by atoms with Crippen LogP contribution in [0.5, 0.6) is 0 Å². The normalized spacial score (nSPS) is 12.5. The fraction of sp³-hybridized carbons (Fsp3) is 0.0513. The van der Waals surface area contributed by atoms with E-state index in [-0.39, 0.29) is 5.57 Å². The number of aliphatic carboxylic acids is 1. The number of thiazole rings is 1. The van der Waals surface area contributed by atoms with Crippen molar-refractivity contribution >= 4 is 56.6 Å². The van der Waals surface area contributed by atoms with Crippen LogP contribution in [0.4, 0.5) is 11.4 Å². The summed E-state index contributed by atoms with van der Waals surface area (Å²) in [7, 11) is 0. The zero-order valence-corrected chi connectivity index (χ0v) is 25.0. The van der Waals surface area contributed by atoms with Gasteiger partial charge in [0.1, 0.15) is 16.6 Å². The van der Waals surface area contributed by atoms with E-state index in [0.29, 0.717) is 5.56 Å². The number of anilines is 2. The van der Waals surface area contributed by atoms with Gasteiger partial charge in [0.2, 0.25) is 0 Å². The number of carbonyl (C=O) groups is 1. The Morgan fingerprint density at radius 3 is 2.18 bits per heavy atom. The lowest BCUT2D eigenvalue weighted by atomic mass is 9.96. The van der Waals surface area contributed by atoms with E-state index < -0.39 is 5.97 Å². The predicted molar refractivity (Wildman–Crippen MR) is 183 cm³/mol. The maximum absolute atomic E-state index is 11.2. The first-order chi connectivity index (χ1) is 22.1. The molecule has 1 aliphatic rings. The van der Waals surface area contributed by atoms with Crippen LogP contribution in [-0.4, -0.2) is 22.6 Å². The number of carboxylic acids is 1. The van der Waals surface area contributed by atoms with Gasteiger partial charge >= 0.3 is 5.97 Å². The van der Waals surface area contributed by atoms with Gasteiger partial charge in [-0.05, 0) is 94.4 Å². The van der Waals surface area contributed by atoms with Crippen LogP contribution in [0.2, 0.25) is 0 Å². The van der Waals surface area contributed by atoms with Crippen LogP contribution >= 0.6 is 11.3 Å². The number of nitrogens with zero attached hydrogens (tertiary/aromatic N) is 3. The van der Waals surface area contributed by atoms with Gasteiger partial charge in [0.25, 0.3) is 0 Å². The first-order valence-electron chi connectivity index (χ1n) is 14.6. The summed E-state index contributed by atoms with van der Waals surface area (Å²) in [4.78, 5) is 18.4. The van der Waals surface area contributed by atoms with E-state index in [1.165, 1.54) is 39.7 Å². The summed E-state index contributed by atoms with van der Waals surface area (Å²) in [5.41, 5.74) is 10.6. The molecule has 1 aromatic heterocycles. The Kier molecular flexibility index (Phi) is 7.52. The van der Waals surface area contributed by atoms with E-state index in [1.807, 2.05) is 30.3 Å². The fourth-order valence-electron chi connectivity index (χ4n) is 5.76. The minimum atomic E-state index is -1.24. The van der Waals surface area contributed by atoms with Crippen molar-refractivity contribution in [3.8, 4) is 16.6 Å². The molecule has 0 saturated carbocycles. The molecule has 2 heterocycles. The third kappa shape index (κ3) is 5.77. The third-order valence-corrected chi connectivity index (χ3v) is 9.07. The topological polar surface area (TPSA) is 77.2 Å². The van der Waals surface area contributed by atoms with Gasteiger partial charge in [0.15, 0.2) is 0 Å². The number of rotatable bonds is 7. The van der Waals surface area contributed by atoms with Crippen LogP contribution in [0.15, 0.2) is 127 Å². The predicted octanol–water partition coefficient (Wildman–Crippen LogP) is 9.24. The lowest BCUT2D eigenvalue weighted by Gasteiger charge is -2.20. The Balaban J connectivity index is 1.14. The monoisotopic (exact) mass is 601 g/mol. The molecular formula is C39H27N3O2S. The van der Waals surface area contributed by atoms with Crippen LogP contribution in [0, 0.1) is 11.3 Å². The van der Waals surface area contributed by atoms with Crippen LogP contribution < -0.4 is 4.90 Å². The van der Waals surface area contributed by atoms with Crippen molar-refractivity contribution in [2.45, 2.75) is 6.42 Å². The molecule has 0 spiro atoms. The molecule has 0 bridgehead atoms. The van der Waals surface area contributed by atoms with Gasteiger partial charge in [-0.2, -0.15) is 5.26 Å². The Morgan fingerprint density at radius 1 is 0.822 bits per heavy atom. The molecule has 1 N–H and O–H groups in total.